The highest BCUT2D eigenvalue weighted by atomic mass is 16.5. The van der Waals surface area contributed by atoms with E-state index in [0.29, 0.717) is 19.0 Å². The van der Waals surface area contributed by atoms with Crippen LogP contribution in [0, 0.1) is 0 Å². The lowest BCUT2D eigenvalue weighted by Gasteiger charge is -2.22. The van der Waals surface area contributed by atoms with E-state index in [2.05, 4.69) is 29.0 Å². The minimum atomic E-state index is -0.382. The third kappa shape index (κ3) is 4.89. The number of aromatic nitrogens is 1. The molecule has 0 saturated heterocycles. The van der Waals surface area contributed by atoms with Crippen LogP contribution in [-0.4, -0.2) is 54.4 Å². The third-order valence-corrected chi connectivity index (χ3v) is 2.85. The topological polar surface area (TPSA) is 57.6 Å². The Bertz CT molecular complexity index is 326. The Morgan fingerprint density at radius 2 is 2.11 bits per heavy atom. The molecule has 5 nitrogen and oxygen atoms in total. The van der Waals surface area contributed by atoms with Gasteiger partial charge in [0, 0.05) is 19.2 Å². The van der Waals surface area contributed by atoms with E-state index in [-0.39, 0.29) is 6.10 Å². The fourth-order valence-electron chi connectivity index (χ4n) is 1.69. The lowest BCUT2D eigenvalue weighted by molar-refractivity contribution is 0.128. The quantitative estimate of drug-likeness (QED) is 0.729. The second kappa shape index (κ2) is 7.89. The van der Waals surface area contributed by atoms with Crippen LogP contribution in [0.25, 0.3) is 0 Å². The molecule has 1 unspecified atom stereocenters. The molecule has 0 fully saturated rings. The first-order valence-electron chi connectivity index (χ1n) is 6.33. The maximum atomic E-state index is 9.89. The normalized spacial score (nSPS) is 12.5. The van der Waals surface area contributed by atoms with Crippen LogP contribution in [0.1, 0.15) is 13.8 Å². The van der Waals surface area contributed by atoms with E-state index >= 15 is 0 Å². The van der Waals surface area contributed by atoms with Crippen molar-refractivity contribution in [3.8, 4) is 5.88 Å². The van der Waals surface area contributed by atoms with Crippen LogP contribution in [0.4, 0.5) is 5.69 Å². The fraction of sp³-hybridized carbons (Fsp3) is 0.615. The van der Waals surface area contributed by atoms with Crippen molar-refractivity contribution in [1.29, 1.82) is 0 Å². The van der Waals surface area contributed by atoms with Gasteiger partial charge in [-0.3, -0.25) is 0 Å². The summed E-state index contributed by atoms with van der Waals surface area (Å²) in [5.74, 6) is 0.587. The van der Waals surface area contributed by atoms with Gasteiger partial charge in [0.15, 0.2) is 0 Å². The lowest BCUT2D eigenvalue weighted by atomic mass is 10.3. The number of nitrogens with one attached hydrogen (secondary N) is 1. The van der Waals surface area contributed by atoms with Gasteiger partial charge in [-0.25, -0.2) is 4.98 Å². The molecule has 0 saturated carbocycles. The second-order valence-electron chi connectivity index (χ2n) is 4.11. The van der Waals surface area contributed by atoms with Gasteiger partial charge in [0.2, 0.25) is 5.88 Å². The van der Waals surface area contributed by atoms with E-state index < -0.39 is 0 Å². The molecule has 0 radical (unpaired) electrons. The number of aliphatic hydroxyl groups excluding tert-OH is 1. The summed E-state index contributed by atoms with van der Waals surface area (Å²) in [6.07, 6.45) is 1.31. The summed E-state index contributed by atoms with van der Waals surface area (Å²) in [6, 6.07) is 3.68. The number of methoxy groups -OCH3 is 1. The summed E-state index contributed by atoms with van der Waals surface area (Å²) < 4.78 is 4.98. The van der Waals surface area contributed by atoms with Gasteiger partial charge >= 0.3 is 0 Å². The van der Waals surface area contributed by atoms with Crippen molar-refractivity contribution in [1.82, 2.24) is 9.88 Å². The van der Waals surface area contributed by atoms with E-state index in [0.717, 1.165) is 18.8 Å². The predicted molar refractivity (Wildman–Crippen MR) is 73.1 cm³/mol. The molecule has 1 atom stereocenters. The van der Waals surface area contributed by atoms with Crippen LogP contribution in [0.5, 0.6) is 5.88 Å². The molecule has 0 amide bonds. The summed E-state index contributed by atoms with van der Waals surface area (Å²) in [5, 5.41) is 13.0. The molecule has 0 bridgehead atoms. The minimum Gasteiger partial charge on any atom is -0.481 e. The molecule has 1 rings (SSSR count). The van der Waals surface area contributed by atoms with Gasteiger partial charge < -0.3 is 20.1 Å². The Hall–Kier alpha value is -1.33. The van der Waals surface area contributed by atoms with E-state index in [4.69, 9.17) is 4.74 Å². The molecule has 0 spiro atoms. The summed E-state index contributed by atoms with van der Waals surface area (Å²) in [6.45, 7) is 7.30. The molecule has 0 aliphatic heterocycles. The van der Waals surface area contributed by atoms with Crippen LogP contribution in [0.15, 0.2) is 18.3 Å². The zero-order valence-corrected chi connectivity index (χ0v) is 11.4. The first-order valence-corrected chi connectivity index (χ1v) is 6.33. The molecule has 0 aromatic carbocycles. The smallest absolute Gasteiger partial charge is 0.213 e. The number of aliphatic hydroxyl groups is 1. The van der Waals surface area contributed by atoms with Crippen molar-refractivity contribution >= 4 is 5.69 Å². The molecule has 1 heterocycles. The van der Waals surface area contributed by atoms with Crippen molar-refractivity contribution in [2.75, 3.05) is 38.6 Å². The maximum Gasteiger partial charge on any atom is 0.213 e. The largest absolute Gasteiger partial charge is 0.481 e. The van der Waals surface area contributed by atoms with Crippen molar-refractivity contribution in [2.45, 2.75) is 20.0 Å². The summed E-state index contributed by atoms with van der Waals surface area (Å²) in [5.41, 5.74) is 0.884. The van der Waals surface area contributed by atoms with E-state index in [1.54, 1.807) is 19.4 Å². The number of pyridine rings is 1. The fourth-order valence-corrected chi connectivity index (χ4v) is 1.69. The molecule has 1 aromatic rings. The highest BCUT2D eigenvalue weighted by Gasteiger charge is 2.08. The van der Waals surface area contributed by atoms with Crippen LogP contribution < -0.4 is 10.1 Å². The number of ether oxygens (including phenoxy) is 1. The van der Waals surface area contributed by atoms with Crippen molar-refractivity contribution in [3.63, 3.8) is 0 Å². The number of hydrogen-bond donors (Lipinski definition) is 2. The summed E-state index contributed by atoms with van der Waals surface area (Å²) in [4.78, 5) is 6.28. The average Bonchev–Trinajstić information content (AvgIpc) is 2.43. The number of rotatable bonds is 8. The van der Waals surface area contributed by atoms with Gasteiger partial charge in [-0.1, -0.05) is 13.8 Å². The van der Waals surface area contributed by atoms with Crippen molar-refractivity contribution in [2.24, 2.45) is 0 Å². The van der Waals surface area contributed by atoms with Gasteiger partial charge in [-0.05, 0) is 19.2 Å². The lowest BCUT2D eigenvalue weighted by Crippen LogP contribution is -2.35. The highest BCUT2D eigenvalue weighted by Crippen LogP contribution is 2.10. The number of anilines is 1. The molecule has 18 heavy (non-hydrogen) atoms. The van der Waals surface area contributed by atoms with Crippen LogP contribution in [0.3, 0.4) is 0 Å². The van der Waals surface area contributed by atoms with Gasteiger partial charge in [0.05, 0.1) is 25.1 Å². The zero-order valence-electron chi connectivity index (χ0n) is 11.4. The highest BCUT2D eigenvalue weighted by molar-refractivity contribution is 5.42. The SMILES string of the molecule is CCN(CC)CC(O)CNc1ccc(OC)nc1. The number of likely N-dealkylation sites (N-methyl/N-ethyl adjacent to an activating group) is 1. The molecule has 102 valence electrons. The molecule has 0 aliphatic rings. The first kappa shape index (κ1) is 14.7. The van der Waals surface area contributed by atoms with Crippen LogP contribution in [-0.2, 0) is 0 Å². The van der Waals surface area contributed by atoms with Crippen LogP contribution >= 0.6 is 0 Å². The van der Waals surface area contributed by atoms with Crippen molar-refractivity contribution in [3.05, 3.63) is 18.3 Å². The molecule has 1 aromatic heterocycles. The molecular weight excluding hydrogens is 230 g/mol. The molecule has 0 aliphatic carbocycles. The third-order valence-electron chi connectivity index (χ3n) is 2.85. The second-order valence-corrected chi connectivity index (χ2v) is 4.11. The maximum absolute atomic E-state index is 9.89. The van der Waals surface area contributed by atoms with Crippen molar-refractivity contribution < 1.29 is 9.84 Å². The Kier molecular flexibility index (Phi) is 6.46. The number of nitrogens with zero attached hydrogens (tertiary/aromatic N) is 2. The van der Waals surface area contributed by atoms with Gasteiger partial charge in [0.25, 0.3) is 0 Å². The Morgan fingerprint density at radius 1 is 1.39 bits per heavy atom. The Balaban J connectivity index is 2.34. The average molecular weight is 253 g/mol. The number of hydrogen-bond acceptors (Lipinski definition) is 5. The standard InChI is InChI=1S/C13H23N3O2/c1-4-16(5-2)10-12(17)9-14-11-6-7-13(18-3)15-8-11/h6-8,12,14,17H,4-5,9-10H2,1-3H3. The van der Waals surface area contributed by atoms with E-state index in [1.165, 1.54) is 0 Å². The monoisotopic (exact) mass is 253 g/mol. The van der Waals surface area contributed by atoms with Gasteiger partial charge in [-0.15, -0.1) is 0 Å². The predicted octanol–water partition coefficient (Wildman–Crippen LogP) is 1.20. The van der Waals surface area contributed by atoms with Gasteiger partial charge in [0.1, 0.15) is 0 Å². The minimum absolute atomic E-state index is 0.382. The summed E-state index contributed by atoms with van der Waals surface area (Å²) >= 11 is 0. The Morgan fingerprint density at radius 3 is 2.61 bits per heavy atom. The zero-order chi connectivity index (χ0) is 13.4. The van der Waals surface area contributed by atoms with Gasteiger partial charge in [-0.2, -0.15) is 0 Å². The van der Waals surface area contributed by atoms with Crippen LogP contribution in [0.2, 0.25) is 0 Å². The molecule has 2 N–H and O–H groups in total. The Labute approximate surface area is 109 Å². The first-order chi connectivity index (χ1) is 8.69. The van der Waals surface area contributed by atoms with E-state index in [9.17, 15) is 5.11 Å². The molecule has 5 heteroatoms. The van der Waals surface area contributed by atoms with E-state index in [1.807, 2.05) is 6.07 Å². The molecular formula is C13H23N3O2. The summed E-state index contributed by atoms with van der Waals surface area (Å²) in [7, 11) is 1.59.